The van der Waals surface area contributed by atoms with Gasteiger partial charge in [0.25, 0.3) is 0 Å². The minimum absolute atomic E-state index is 0.0501. The lowest BCUT2D eigenvalue weighted by atomic mass is 10.1. The number of nitrogens with one attached hydrogen (secondary N) is 2. The molecule has 6 nitrogen and oxygen atoms in total. The lowest BCUT2D eigenvalue weighted by Gasteiger charge is -2.07. The molecule has 1 saturated carbocycles. The van der Waals surface area contributed by atoms with E-state index in [4.69, 9.17) is 4.74 Å². The van der Waals surface area contributed by atoms with Crippen molar-refractivity contribution in [2.24, 2.45) is 11.8 Å². The summed E-state index contributed by atoms with van der Waals surface area (Å²) in [5.74, 6) is 0.231. The zero-order chi connectivity index (χ0) is 18.4. The van der Waals surface area contributed by atoms with E-state index in [1.54, 1.807) is 13.3 Å². The predicted molar refractivity (Wildman–Crippen MR) is 97.4 cm³/mol. The highest BCUT2D eigenvalue weighted by atomic mass is 16.5. The number of hydrogen-bond acceptors (Lipinski definition) is 4. The highest BCUT2D eigenvalue weighted by molar-refractivity contribution is 5.92. The molecule has 1 heterocycles. The van der Waals surface area contributed by atoms with Crippen LogP contribution in [0.15, 0.2) is 48.7 Å². The molecule has 1 aliphatic rings. The van der Waals surface area contributed by atoms with Crippen molar-refractivity contribution in [3.05, 3.63) is 59.9 Å². The molecule has 26 heavy (non-hydrogen) atoms. The predicted octanol–water partition coefficient (Wildman–Crippen LogP) is 1.70. The van der Waals surface area contributed by atoms with Crippen LogP contribution in [0.2, 0.25) is 0 Å². The number of benzene rings is 1. The van der Waals surface area contributed by atoms with Gasteiger partial charge in [-0.3, -0.25) is 14.6 Å². The van der Waals surface area contributed by atoms with Crippen LogP contribution in [0.1, 0.15) is 17.7 Å². The SMILES string of the molecule is COc1cccc(CCNC(=O)C2CC2C(=O)NCc2ccccn2)c1. The normalized spacial score (nSPS) is 18.0. The summed E-state index contributed by atoms with van der Waals surface area (Å²) >= 11 is 0. The number of amides is 2. The van der Waals surface area contributed by atoms with Crippen molar-refractivity contribution in [2.45, 2.75) is 19.4 Å². The van der Waals surface area contributed by atoms with Crippen LogP contribution in [-0.2, 0) is 22.6 Å². The summed E-state index contributed by atoms with van der Waals surface area (Å²) in [6.45, 7) is 0.936. The van der Waals surface area contributed by atoms with Gasteiger partial charge in [-0.05, 0) is 42.7 Å². The Kier molecular flexibility index (Phi) is 5.84. The van der Waals surface area contributed by atoms with Crippen molar-refractivity contribution >= 4 is 11.8 Å². The van der Waals surface area contributed by atoms with Crippen LogP contribution in [0.3, 0.4) is 0 Å². The van der Waals surface area contributed by atoms with Gasteiger partial charge in [-0.1, -0.05) is 18.2 Å². The summed E-state index contributed by atoms with van der Waals surface area (Å²) in [6, 6.07) is 13.3. The molecule has 0 aliphatic heterocycles. The Morgan fingerprint density at radius 3 is 2.65 bits per heavy atom. The number of methoxy groups -OCH3 is 1. The van der Waals surface area contributed by atoms with Gasteiger partial charge >= 0.3 is 0 Å². The second-order valence-corrected chi connectivity index (χ2v) is 6.38. The van der Waals surface area contributed by atoms with Gasteiger partial charge in [0.05, 0.1) is 31.2 Å². The molecule has 1 aromatic heterocycles. The highest BCUT2D eigenvalue weighted by Crippen LogP contribution is 2.38. The number of ether oxygens (including phenoxy) is 1. The van der Waals surface area contributed by atoms with E-state index in [0.717, 1.165) is 23.4 Å². The number of carbonyl (C=O) groups excluding carboxylic acids is 2. The van der Waals surface area contributed by atoms with Crippen LogP contribution in [0, 0.1) is 11.8 Å². The molecule has 0 bridgehead atoms. The van der Waals surface area contributed by atoms with Crippen LogP contribution >= 0.6 is 0 Å². The van der Waals surface area contributed by atoms with Crippen LogP contribution in [0.25, 0.3) is 0 Å². The van der Waals surface area contributed by atoms with Gasteiger partial charge in [-0.15, -0.1) is 0 Å². The molecule has 136 valence electrons. The third-order valence-electron chi connectivity index (χ3n) is 4.48. The maximum atomic E-state index is 12.2. The van der Waals surface area contributed by atoms with Gasteiger partial charge in [0.2, 0.25) is 11.8 Å². The quantitative estimate of drug-likeness (QED) is 0.757. The van der Waals surface area contributed by atoms with Gasteiger partial charge in [0, 0.05) is 12.7 Å². The third kappa shape index (κ3) is 4.81. The minimum Gasteiger partial charge on any atom is -0.497 e. The Hall–Kier alpha value is -2.89. The van der Waals surface area contributed by atoms with Crippen LogP contribution in [-0.4, -0.2) is 30.5 Å². The molecule has 6 heteroatoms. The molecule has 2 aromatic rings. The van der Waals surface area contributed by atoms with Gasteiger partial charge in [0.1, 0.15) is 5.75 Å². The summed E-state index contributed by atoms with van der Waals surface area (Å²) in [5.41, 5.74) is 1.91. The van der Waals surface area contributed by atoms with E-state index < -0.39 is 0 Å². The Morgan fingerprint density at radius 1 is 1.12 bits per heavy atom. The number of carbonyl (C=O) groups is 2. The monoisotopic (exact) mass is 353 g/mol. The lowest BCUT2D eigenvalue weighted by Crippen LogP contribution is -2.31. The van der Waals surface area contributed by atoms with Crippen molar-refractivity contribution < 1.29 is 14.3 Å². The average molecular weight is 353 g/mol. The fourth-order valence-electron chi connectivity index (χ4n) is 2.88. The first kappa shape index (κ1) is 17.9. The molecular weight excluding hydrogens is 330 g/mol. The molecule has 2 N–H and O–H groups in total. The number of nitrogens with zero attached hydrogens (tertiary/aromatic N) is 1. The maximum absolute atomic E-state index is 12.2. The summed E-state index contributed by atoms with van der Waals surface area (Å²) in [7, 11) is 1.63. The Labute approximate surface area is 153 Å². The van der Waals surface area contributed by atoms with Crippen LogP contribution in [0.5, 0.6) is 5.75 Å². The van der Waals surface area contributed by atoms with Crippen molar-refractivity contribution in [2.75, 3.05) is 13.7 Å². The number of pyridine rings is 1. The fourth-order valence-corrected chi connectivity index (χ4v) is 2.88. The molecule has 2 unspecified atom stereocenters. The fraction of sp³-hybridized carbons (Fsp3) is 0.350. The Morgan fingerprint density at radius 2 is 1.92 bits per heavy atom. The highest BCUT2D eigenvalue weighted by Gasteiger charge is 2.47. The van der Waals surface area contributed by atoms with Gasteiger partial charge in [0.15, 0.2) is 0 Å². The Bertz CT molecular complexity index is 764. The van der Waals surface area contributed by atoms with Crippen molar-refractivity contribution in [3.63, 3.8) is 0 Å². The van der Waals surface area contributed by atoms with Crippen LogP contribution in [0.4, 0.5) is 0 Å². The molecule has 1 fully saturated rings. The summed E-state index contributed by atoms with van der Waals surface area (Å²) < 4.78 is 5.19. The van der Waals surface area contributed by atoms with E-state index in [1.807, 2.05) is 42.5 Å². The molecule has 0 saturated heterocycles. The smallest absolute Gasteiger partial charge is 0.224 e. The minimum atomic E-state index is -0.226. The zero-order valence-electron chi connectivity index (χ0n) is 14.8. The standard InChI is InChI=1S/C20H23N3O3/c1-26-16-7-4-5-14(11-16)8-10-22-19(24)17-12-18(17)20(25)23-13-15-6-2-3-9-21-15/h2-7,9,11,17-18H,8,10,12-13H2,1H3,(H,22,24)(H,23,25). The first-order chi connectivity index (χ1) is 12.7. The van der Waals surface area contributed by atoms with E-state index in [1.165, 1.54) is 0 Å². The maximum Gasteiger partial charge on any atom is 0.224 e. The summed E-state index contributed by atoms with van der Waals surface area (Å²) in [6.07, 6.45) is 3.03. The van der Waals surface area contributed by atoms with Crippen molar-refractivity contribution in [3.8, 4) is 5.75 Å². The molecule has 0 spiro atoms. The number of rotatable bonds is 8. The molecule has 2 atom stereocenters. The van der Waals surface area contributed by atoms with Crippen molar-refractivity contribution in [1.29, 1.82) is 0 Å². The number of hydrogen-bond donors (Lipinski definition) is 2. The van der Waals surface area contributed by atoms with Gasteiger partial charge < -0.3 is 15.4 Å². The molecule has 3 rings (SSSR count). The van der Waals surface area contributed by atoms with E-state index in [9.17, 15) is 9.59 Å². The van der Waals surface area contributed by atoms with Crippen LogP contribution < -0.4 is 15.4 Å². The third-order valence-corrected chi connectivity index (χ3v) is 4.48. The van der Waals surface area contributed by atoms with E-state index in [2.05, 4.69) is 15.6 Å². The Balaban J connectivity index is 1.37. The van der Waals surface area contributed by atoms with Gasteiger partial charge in [-0.25, -0.2) is 0 Å². The summed E-state index contributed by atoms with van der Waals surface area (Å²) in [4.78, 5) is 28.5. The first-order valence-electron chi connectivity index (χ1n) is 8.75. The molecule has 1 aromatic carbocycles. The summed E-state index contributed by atoms with van der Waals surface area (Å²) in [5, 5.41) is 5.76. The first-order valence-corrected chi connectivity index (χ1v) is 8.75. The van der Waals surface area contributed by atoms with Crippen molar-refractivity contribution in [1.82, 2.24) is 15.6 Å². The molecule has 2 amide bonds. The second-order valence-electron chi connectivity index (χ2n) is 6.38. The average Bonchev–Trinajstić information content (AvgIpc) is 3.48. The van der Waals surface area contributed by atoms with E-state index in [0.29, 0.717) is 19.5 Å². The molecule has 1 aliphatic carbocycles. The van der Waals surface area contributed by atoms with E-state index in [-0.39, 0.29) is 23.7 Å². The largest absolute Gasteiger partial charge is 0.497 e. The zero-order valence-corrected chi connectivity index (χ0v) is 14.8. The van der Waals surface area contributed by atoms with E-state index >= 15 is 0 Å². The molecular formula is C20H23N3O3. The van der Waals surface area contributed by atoms with Gasteiger partial charge in [-0.2, -0.15) is 0 Å². The molecule has 0 radical (unpaired) electrons. The lowest BCUT2D eigenvalue weighted by molar-refractivity contribution is -0.127. The topological polar surface area (TPSA) is 80.3 Å². The second kappa shape index (κ2) is 8.47. The number of aromatic nitrogens is 1.